The van der Waals surface area contributed by atoms with Crippen molar-refractivity contribution in [1.29, 1.82) is 0 Å². The van der Waals surface area contributed by atoms with E-state index in [0.717, 1.165) is 29.7 Å². The van der Waals surface area contributed by atoms with Crippen LogP contribution in [-0.4, -0.2) is 18.2 Å². The highest BCUT2D eigenvalue weighted by atomic mass is 16.5. The lowest BCUT2D eigenvalue weighted by Crippen LogP contribution is -2.36. The van der Waals surface area contributed by atoms with E-state index in [-0.39, 0.29) is 12.5 Å². The Kier molecular flexibility index (Phi) is 4.34. The molecule has 2 aliphatic rings. The summed E-state index contributed by atoms with van der Waals surface area (Å²) in [5.74, 6) is 1.59. The number of hydrogen-bond acceptors (Lipinski definition) is 3. The number of amides is 1. The zero-order valence-corrected chi connectivity index (χ0v) is 13.9. The summed E-state index contributed by atoms with van der Waals surface area (Å²) in [6, 6.07) is 17.7. The predicted octanol–water partition coefficient (Wildman–Crippen LogP) is 3.80. The molecule has 25 heavy (non-hydrogen) atoms. The van der Waals surface area contributed by atoms with Gasteiger partial charge in [0.25, 0.3) is 5.91 Å². The van der Waals surface area contributed by atoms with Gasteiger partial charge in [0, 0.05) is 17.2 Å². The highest BCUT2D eigenvalue weighted by Crippen LogP contribution is 2.40. The van der Waals surface area contributed by atoms with Gasteiger partial charge in [-0.15, -0.1) is 0 Å². The van der Waals surface area contributed by atoms with Gasteiger partial charge in [-0.2, -0.15) is 5.10 Å². The second-order valence-electron chi connectivity index (χ2n) is 6.43. The third-order valence-corrected chi connectivity index (χ3v) is 4.82. The molecule has 0 saturated heterocycles. The minimum Gasteiger partial charge on any atom is -0.483 e. The second kappa shape index (κ2) is 6.93. The third kappa shape index (κ3) is 3.33. The van der Waals surface area contributed by atoms with Crippen LogP contribution in [0.4, 0.5) is 0 Å². The first kappa shape index (κ1) is 15.6. The zero-order valence-electron chi connectivity index (χ0n) is 13.9. The highest BCUT2D eigenvalue weighted by molar-refractivity contribution is 5.95. The number of nitrogens with one attached hydrogen (secondary N) is 1. The van der Waals surface area contributed by atoms with E-state index in [1.54, 1.807) is 0 Å². The molecular formula is C21H20N2O2. The van der Waals surface area contributed by atoms with Crippen molar-refractivity contribution in [3.8, 4) is 16.9 Å². The molecule has 1 saturated carbocycles. The standard InChI is InChI=1S/C21H20N2O2/c24-21(23-22-19-13-16-9-6-11-17(16)19)14-25-20-12-5-4-10-18(20)15-7-2-1-3-8-15/h1-10,12,16-17H,11,13-14H2,(H,23,24)/b22-19-/t16-,17-/m1/s1. The molecule has 4 nitrogen and oxygen atoms in total. The van der Waals surface area contributed by atoms with E-state index >= 15 is 0 Å². The summed E-state index contributed by atoms with van der Waals surface area (Å²) in [4.78, 5) is 12.0. The fraction of sp³-hybridized carbons (Fsp3) is 0.238. The second-order valence-corrected chi connectivity index (χ2v) is 6.43. The van der Waals surface area contributed by atoms with Crippen LogP contribution in [0.15, 0.2) is 71.9 Å². The Morgan fingerprint density at radius 2 is 1.92 bits per heavy atom. The van der Waals surface area contributed by atoms with Crippen LogP contribution in [0.5, 0.6) is 5.75 Å². The molecule has 0 spiro atoms. The number of hydrogen-bond donors (Lipinski definition) is 1. The quantitative estimate of drug-likeness (QED) is 0.669. The van der Waals surface area contributed by atoms with Crippen LogP contribution in [-0.2, 0) is 4.79 Å². The Morgan fingerprint density at radius 1 is 1.12 bits per heavy atom. The smallest absolute Gasteiger partial charge is 0.277 e. The Balaban J connectivity index is 1.36. The number of ether oxygens (including phenoxy) is 1. The van der Waals surface area contributed by atoms with Gasteiger partial charge in [-0.25, -0.2) is 5.43 Å². The van der Waals surface area contributed by atoms with Crippen LogP contribution < -0.4 is 10.2 Å². The van der Waals surface area contributed by atoms with Gasteiger partial charge in [0.2, 0.25) is 0 Å². The van der Waals surface area contributed by atoms with Crippen LogP contribution in [0.1, 0.15) is 12.8 Å². The molecule has 126 valence electrons. The number of nitrogens with zero attached hydrogens (tertiary/aromatic N) is 1. The summed E-state index contributed by atoms with van der Waals surface area (Å²) in [7, 11) is 0. The third-order valence-electron chi connectivity index (χ3n) is 4.82. The monoisotopic (exact) mass is 332 g/mol. The average Bonchev–Trinajstić information content (AvgIpc) is 3.02. The van der Waals surface area contributed by atoms with Gasteiger partial charge in [-0.3, -0.25) is 4.79 Å². The first-order valence-corrected chi connectivity index (χ1v) is 8.60. The Morgan fingerprint density at radius 3 is 2.76 bits per heavy atom. The molecule has 2 aromatic rings. The Bertz CT molecular complexity index is 827. The molecule has 1 N–H and O–H groups in total. The number of fused-ring (bicyclic) bond motifs is 1. The fourth-order valence-electron chi connectivity index (χ4n) is 3.42. The molecule has 4 rings (SSSR count). The van der Waals surface area contributed by atoms with E-state index < -0.39 is 0 Å². The van der Waals surface area contributed by atoms with Crippen molar-refractivity contribution < 1.29 is 9.53 Å². The number of para-hydroxylation sites is 1. The summed E-state index contributed by atoms with van der Waals surface area (Å²) < 4.78 is 5.73. The number of carbonyl (C=O) groups excluding carboxylic acids is 1. The molecule has 0 heterocycles. The molecule has 2 aliphatic carbocycles. The van der Waals surface area contributed by atoms with Gasteiger partial charge in [-0.05, 0) is 30.4 Å². The van der Waals surface area contributed by atoms with Crippen LogP contribution >= 0.6 is 0 Å². The number of carbonyl (C=O) groups is 1. The van der Waals surface area contributed by atoms with Gasteiger partial charge in [0.05, 0.1) is 0 Å². The van der Waals surface area contributed by atoms with E-state index in [1.807, 2.05) is 54.6 Å². The van der Waals surface area contributed by atoms with Gasteiger partial charge >= 0.3 is 0 Å². The summed E-state index contributed by atoms with van der Waals surface area (Å²) >= 11 is 0. The number of hydrazone groups is 1. The molecule has 0 aliphatic heterocycles. The van der Waals surface area contributed by atoms with Crippen LogP contribution in [0.2, 0.25) is 0 Å². The molecule has 0 aromatic heterocycles. The SMILES string of the molecule is O=C(COc1ccccc1-c1ccccc1)N/N=C1/C[C@H]2C=CC[C@@H]12. The molecule has 0 bridgehead atoms. The first-order chi connectivity index (χ1) is 12.3. The van der Waals surface area contributed by atoms with Crippen LogP contribution in [0.3, 0.4) is 0 Å². The topological polar surface area (TPSA) is 50.7 Å². The lowest BCUT2D eigenvalue weighted by Gasteiger charge is -2.31. The maximum atomic E-state index is 12.0. The maximum absolute atomic E-state index is 12.0. The molecule has 2 atom stereocenters. The Labute approximate surface area is 147 Å². The molecule has 0 unspecified atom stereocenters. The van der Waals surface area contributed by atoms with Crippen molar-refractivity contribution in [3.05, 3.63) is 66.7 Å². The summed E-state index contributed by atoms with van der Waals surface area (Å²) in [6.45, 7) is -0.0486. The van der Waals surface area contributed by atoms with Gasteiger partial charge in [0.1, 0.15) is 5.75 Å². The Hall–Kier alpha value is -2.88. The van der Waals surface area contributed by atoms with E-state index in [0.29, 0.717) is 17.6 Å². The minimum absolute atomic E-state index is 0.0486. The van der Waals surface area contributed by atoms with Crippen LogP contribution in [0, 0.1) is 11.8 Å². The molecular weight excluding hydrogens is 312 g/mol. The molecule has 1 amide bonds. The van der Waals surface area contributed by atoms with Crippen molar-refractivity contribution >= 4 is 11.6 Å². The van der Waals surface area contributed by atoms with E-state index in [2.05, 4.69) is 22.7 Å². The molecule has 0 radical (unpaired) electrons. The maximum Gasteiger partial charge on any atom is 0.277 e. The molecule has 2 aromatic carbocycles. The highest BCUT2D eigenvalue weighted by Gasteiger charge is 2.37. The molecule has 4 heteroatoms. The van der Waals surface area contributed by atoms with Crippen molar-refractivity contribution in [2.24, 2.45) is 16.9 Å². The van der Waals surface area contributed by atoms with Crippen molar-refractivity contribution in [1.82, 2.24) is 5.43 Å². The van der Waals surface area contributed by atoms with E-state index in [4.69, 9.17) is 4.74 Å². The van der Waals surface area contributed by atoms with Gasteiger partial charge in [-0.1, -0.05) is 60.7 Å². The lowest BCUT2D eigenvalue weighted by atomic mass is 9.74. The summed E-state index contributed by atoms with van der Waals surface area (Å²) in [6.07, 6.45) is 6.44. The van der Waals surface area contributed by atoms with E-state index in [1.165, 1.54) is 0 Å². The first-order valence-electron chi connectivity index (χ1n) is 8.60. The number of allylic oxidation sites excluding steroid dienone is 2. The number of rotatable bonds is 5. The predicted molar refractivity (Wildman–Crippen MR) is 98.3 cm³/mol. The summed E-state index contributed by atoms with van der Waals surface area (Å²) in [5.41, 5.74) is 5.75. The fourth-order valence-corrected chi connectivity index (χ4v) is 3.42. The minimum atomic E-state index is -0.232. The normalized spacial score (nSPS) is 22.3. The number of benzene rings is 2. The lowest BCUT2D eigenvalue weighted by molar-refractivity contribution is -0.123. The van der Waals surface area contributed by atoms with Gasteiger partial charge in [0.15, 0.2) is 6.61 Å². The largest absolute Gasteiger partial charge is 0.483 e. The molecule has 1 fully saturated rings. The summed E-state index contributed by atoms with van der Waals surface area (Å²) in [5, 5.41) is 4.26. The van der Waals surface area contributed by atoms with E-state index in [9.17, 15) is 4.79 Å². The average molecular weight is 332 g/mol. The van der Waals surface area contributed by atoms with Crippen LogP contribution in [0.25, 0.3) is 11.1 Å². The van der Waals surface area contributed by atoms with Crippen molar-refractivity contribution in [2.45, 2.75) is 12.8 Å². The zero-order chi connectivity index (χ0) is 17.1. The van der Waals surface area contributed by atoms with Crippen molar-refractivity contribution in [3.63, 3.8) is 0 Å². The van der Waals surface area contributed by atoms with Gasteiger partial charge < -0.3 is 4.74 Å². The van der Waals surface area contributed by atoms with Crippen molar-refractivity contribution in [2.75, 3.05) is 6.61 Å².